The minimum absolute atomic E-state index is 0.158. The second kappa shape index (κ2) is 7.09. The topological polar surface area (TPSA) is 130 Å². The second-order valence-corrected chi connectivity index (χ2v) is 4.58. The molecule has 1 rings (SSSR count). The molecule has 1 aromatic carbocycles. The fraction of sp³-hybridized carbons (Fsp3) is 0.308. The van der Waals surface area contributed by atoms with E-state index >= 15 is 0 Å². The van der Waals surface area contributed by atoms with Gasteiger partial charge in [0.05, 0.1) is 12.0 Å². The van der Waals surface area contributed by atoms with E-state index in [2.05, 4.69) is 0 Å². The largest absolute Gasteiger partial charge is 0.481 e. The summed E-state index contributed by atoms with van der Waals surface area (Å²) in [6.45, 7) is 0. The Balaban J connectivity index is 2.83. The van der Waals surface area contributed by atoms with Crippen molar-refractivity contribution in [3.63, 3.8) is 0 Å². The first-order valence-electron chi connectivity index (χ1n) is 6.19. The van der Waals surface area contributed by atoms with Crippen LogP contribution in [-0.4, -0.2) is 34.0 Å². The number of aliphatic hydroxyl groups is 1. The summed E-state index contributed by atoms with van der Waals surface area (Å²) in [5, 5.41) is 20.3. The number of carbonyl (C=O) groups excluding carboxylic acids is 2. The normalized spacial score (nSPS) is 13.9. The van der Waals surface area contributed by atoms with Gasteiger partial charge in [0, 0.05) is 0 Å². The van der Waals surface area contributed by atoms with Gasteiger partial charge in [0.25, 0.3) is 5.91 Å². The van der Waals surface area contributed by atoms with E-state index in [1.54, 1.807) is 0 Å². The van der Waals surface area contributed by atoms with Crippen molar-refractivity contribution in [2.24, 2.45) is 5.73 Å². The number of aliphatic carboxylic acids is 1. The van der Waals surface area contributed by atoms with Crippen LogP contribution in [0.1, 0.15) is 23.7 Å². The lowest BCUT2D eigenvalue weighted by Crippen LogP contribution is -2.47. The number of aliphatic hydroxyl groups excluding tert-OH is 1. The van der Waals surface area contributed by atoms with E-state index in [-0.39, 0.29) is 5.56 Å². The molecule has 0 spiro atoms. The number of halogens is 3. The Morgan fingerprint density at radius 1 is 1.17 bits per heavy atom. The van der Waals surface area contributed by atoms with E-state index in [0.29, 0.717) is 12.1 Å². The van der Waals surface area contributed by atoms with Crippen molar-refractivity contribution in [2.45, 2.75) is 24.7 Å². The average molecular weight is 334 g/mol. The number of carboxylic acid groups (broad SMARTS) is 1. The minimum atomic E-state index is -4.57. The zero-order valence-electron chi connectivity index (χ0n) is 11.5. The number of hydrogen-bond donors (Lipinski definition) is 4. The molecule has 0 aliphatic rings. The van der Waals surface area contributed by atoms with Crippen molar-refractivity contribution in [1.82, 2.24) is 5.32 Å². The van der Waals surface area contributed by atoms with Gasteiger partial charge in [-0.2, -0.15) is 13.2 Å². The van der Waals surface area contributed by atoms with E-state index in [1.807, 2.05) is 5.32 Å². The number of carbonyl (C=O) groups is 3. The summed E-state index contributed by atoms with van der Waals surface area (Å²) in [5.41, 5.74) is 3.79. The maximum absolute atomic E-state index is 12.4. The van der Waals surface area contributed by atoms with Crippen LogP contribution in [-0.2, 0) is 20.6 Å². The van der Waals surface area contributed by atoms with Gasteiger partial charge in [-0.05, 0) is 17.7 Å². The fourth-order valence-electron chi connectivity index (χ4n) is 1.65. The van der Waals surface area contributed by atoms with Crippen LogP contribution in [0.5, 0.6) is 0 Å². The molecule has 0 aliphatic carbocycles. The first kappa shape index (κ1) is 18.4. The van der Waals surface area contributed by atoms with Gasteiger partial charge in [-0.25, -0.2) is 0 Å². The van der Waals surface area contributed by atoms with Gasteiger partial charge >= 0.3 is 12.1 Å². The third kappa shape index (κ3) is 5.25. The molecule has 0 heterocycles. The Labute approximate surface area is 127 Å². The molecule has 0 saturated carbocycles. The van der Waals surface area contributed by atoms with Gasteiger partial charge in [-0.15, -0.1) is 0 Å². The van der Waals surface area contributed by atoms with Crippen molar-refractivity contribution >= 4 is 17.8 Å². The van der Waals surface area contributed by atoms with E-state index in [0.717, 1.165) is 12.1 Å². The van der Waals surface area contributed by atoms with Crippen molar-refractivity contribution in [3.05, 3.63) is 35.4 Å². The summed E-state index contributed by atoms with van der Waals surface area (Å²) in [6.07, 6.45) is -7.24. The zero-order chi connectivity index (χ0) is 17.8. The lowest BCUT2D eigenvalue weighted by Gasteiger charge is -2.17. The molecule has 0 unspecified atom stereocenters. The van der Waals surface area contributed by atoms with E-state index in [1.165, 1.54) is 0 Å². The summed E-state index contributed by atoms with van der Waals surface area (Å²) in [5.74, 6) is -3.69. The SMILES string of the molecule is NC(=O)[C@H](CC(=O)O)NC(=O)[C@@H](O)c1ccc(C(F)(F)F)cc1. The molecular weight excluding hydrogens is 321 g/mol. The van der Waals surface area contributed by atoms with Gasteiger partial charge in [-0.1, -0.05) is 12.1 Å². The zero-order valence-corrected chi connectivity index (χ0v) is 11.5. The maximum atomic E-state index is 12.4. The molecule has 0 aromatic heterocycles. The summed E-state index contributed by atoms with van der Waals surface area (Å²) < 4.78 is 37.2. The third-order valence-corrected chi connectivity index (χ3v) is 2.84. The monoisotopic (exact) mass is 334 g/mol. The highest BCUT2D eigenvalue weighted by Gasteiger charge is 2.31. The Morgan fingerprint density at radius 3 is 2.09 bits per heavy atom. The highest BCUT2D eigenvalue weighted by atomic mass is 19.4. The molecule has 0 aliphatic heterocycles. The van der Waals surface area contributed by atoms with Crippen LogP contribution < -0.4 is 11.1 Å². The van der Waals surface area contributed by atoms with Gasteiger partial charge in [0.15, 0.2) is 6.10 Å². The lowest BCUT2D eigenvalue weighted by atomic mass is 10.1. The van der Waals surface area contributed by atoms with Crippen LogP contribution in [0.25, 0.3) is 0 Å². The number of nitrogens with two attached hydrogens (primary N) is 1. The van der Waals surface area contributed by atoms with Crippen LogP contribution in [0.15, 0.2) is 24.3 Å². The van der Waals surface area contributed by atoms with Crippen molar-refractivity contribution in [3.8, 4) is 0 Å². The van der Waals surface area contributed by atoms with Crippen LogP contribution in [0.4, 0.5) is 13.2 Å². The molecule has 126 valence electrons. The summed E-state index contributed by atoms with van der Waals surface area (Å²) in [4.78, 5) is 33.3. The fourth-order valence-corrected chi connectivity index (χ4v) is 1.65. The molecule has 0 bridgehead atoms. The first-order valence-corrected chi connectivity index (χ1v) is 6.19. The predicted octanol–water partition coefficient (Wildman–Crippen LogP) is 0.184. The number of carboxylic acids is 1. The second-order valence-electron chi connectivity index (χ2n) is 4.58. The predicted molar refractivity (Wildman–Crippen MR) is 69.8 cm³/mol. The molecule has 0 radical (unpaired) electrons. The Hall–Kier alpha value is -2.62. The van der Waals surface area contributed by atoms with Gasteiger partial charge in [0.2, 0.25) is 5.91 Å². The van der Waals surface area contributed by atoms with E-state index in [4.69, 9.17) is 10.8 Å². The van der Waals surface area contributed by atoms with Crippen LogP contribution in [0, 0.1) is 0 Å². The summed E-state index contributed by atoms with van der Waals surface area (Å²) in [7, 11) is 0. The number of hydrogen-bond acceptors (Lipinski definition) is 4. The molecule has 2 atom stereocenters. The molecule has 2 amide bonds. The smallest absolute Gasteiger partial charge is 0.416 e. The van der Waals surface area contributed by atoms with Gasteiger partial charge < -0.3 is 21.3 Å². The molecule has 23 heavy (non-hydrogen) atoms. The van der Waals surface area contributed by atoms with Crippen LogP contribution >= 0.6 is 0 Å². The minimum Gasteiger partial charge on any atom is -0.481 e. The summed E-state index contributed by atoms with van der Waals surface area (Å²) >= 11 is 0. The van der Waals surface area contributed by atoms with Crippen LogP contribution in [0.3, 0.4) is 0 Å². The van der Waals surface area contributed by atoms with Gasteiger partial charge in [0.1, 0.15) is 6.04 Å². The number of alkyl halides is 3. The quantitative estimate of drug-likeness (QED) is 0.590. The van der Waals surface area contributed by atoms with E-state index in [9.17, 15) is 32.7 Å². The summed E-state index contributed by atoms with van der Waals surface area (Å²) in [6, 6.07) is 1.58. The maximum Gasteiger partial charge on any atom is 0.416 e. The number of benzene rings is 1. The van der Waals surface area contributed by atoms with E-state index < -0.39 is 48.1 Å². The average Bonchev–Trinajstić information content (AvgIpc) is 2.44. The van der Waals surface area contributed by atoms with Crippen molar-refractivity contribution in [2.75, 3.05) is 0 Å². The first-order chi connectivity index (χ1) is 10.5. The highest BCUT2D eigenvalue weighted by molar-refractivity contribution is 5.91. The standard InChI is InChI=1S/C13H13F3N2O5/c14-13(15,16)7-3-1-6(2-4-7)10(21)12(23)18-8(11(17)22)5-9(19)20/h1-4,8,10,21H,5H2,(H2,17,22)(H,18,23)(H,19,20)/t8-,10-/m0/s1. The number of amides is 2. The Morgan fingerprint density at radius 2 is 1.70 bits per heavy atom. The molecule has 10 heteroatoms. The van der Waals surface area contributed by atoms with Crippen LogP contribution in [0.2, 0.25) is 0 Å². The third-order valence-electron chi connectivity index (χ3n) is 2.84. The highest BCUT2D eigenvalue weighted by Crippen LogP contribution is 2.29. The van der Waals surface area contributed by atoms with Crippen molar-refractivity contribution in [1.29, 1.82) is 0 Å². The molecule has 7 nitrogen and oxygen atoms in total. The Bertz CT molecular complexity index is 601. The Kier molecular flexibility index (Phi) is 5.68. The molecule has 1 aromatic rings. The molecule has 5 N–H and O–H groups in total. The number of nitrogens with one attached hydrogen (secondary N) is 1. The number of primary amides is 1. The number of rotatable bonds is 6. The molecule has 0 saturated heterocycles. The van der Waals surface area contributed by atoms with Gasteiger partial charge in [-0.3, -0.25) is 14.4 Å². The lowest BCUT2D eigenvalue weighted by molar-refractivity contribution is -0.141. The molecule has 0 fully saturated rings. The molecular formula is C13H13F3N2O5. The van der Waals surface area contributed by atoms with Crippen molar-refractivity contribution < 1.29 is 37.8 Å².